The first-order chi connectivity index (χ1) is 6.63. The fourth-order valence-electron chi connectivity index (χ4n) is 1.33. The molecule has 0 unspecified atom stereocenters. The van der Waals surface area contributed by atoms with E-state index in [0.717, 1.165) is 11.1 Å². The van der Waals surface area contributed by atoms with Gasteiger partial charge in [-0.25, -0.2) is 0 Å². The molecule has 0 atom stereocenters. The van der Waals surface area contributed by atoms with Crippen LogP contribution in [0.25, 0.3) is 0 Å². The van der Waals surface area contributed by atoms with Gasteiger partial charge in [0.1, 0.15) is 5.78 Å². The maximum Gasteiger partial charge on any atom is 0.134 e. The molecule has 1 aromatic rings. The van der Waals surface area contributed by atoms with E-state index in [1.807, 2.05) is 12.1 Å². The van der Waals surface area contributed by atoms with Gasteiger partial charge in [-0.3, -0.25) is 4.79 Å². The largest absolute Gasteiger partial charge is 0.380 e. The summed E-state index contributed by atoms with van der Waals surface area (Å²) in [5.74, 6) is 0.143. The molecule has 2 nitrogen and oxygen atoms in total. The quantitative estimate of drug-likeness (QED) is 0.767. The number of ether oxygens (including phenoxy) is 1. The number of Topliss-reactive ketones (excluding diaryl/α,β-unsaturated/α-hetero) is 1. The Labute approximate surface area is 88.8 Å². The zero-order valence-corrected chi connectivity index (χ0v) is 9.10. The van der Waals surface area contributed by atoms with E-state index in [1.165, 1.54) is 0 Å². The number of hydrogen-bond donors (Lipinski definition) is 0. The van der Waals surface area contributed by atoms with Crippen molar-refractivity contribution < 1.29 is 9.53 Å². The molecule has 0 aromatic heterocycles. The fourth-order valence-corrected chi connectivity index (χ4v) is 1.52. The van der Waals surface area contributed by atoms with E-state index in [0.29, 0.717) is 18.1 Å². The second-order valence-corrected chi connectivity index (χ2v) is 3.66. The lowest BCUT2D eigenvalue weighted by Crippen LogP contribution is -2.01. The lowest BCUT2D eigenvalue weighted by Gasteiger charge is -2.07. The van der Waals surface area contributed by atoms with Crippen LogP contribution >= 0.6 is 11.6 Å². The van der Waals surface area contributed by atoms with Crippen LogP contribution in [0.1, 0.15) is 18.1 Å². The highest BCUT2D eigenvalue weighted by Crippen LogP contribution is 2.17. The van der Waals surface area contributed by atoms with E-state index in [9.17, 15) is 4.79 Å². The molecule has 0 bridgehead atoms. The molecule has 0 radical (unpaired) electrons. The molecule has 0 N–H and O–H groups in total. The van der Waals surface area contributed by atoms with Gasteiger partial charge in [-0.05, 0) is 30.2 Å². The summed E-state index contributed by atoms with van der Waals surface area (Å²) >= 11 is 5.85. The molecule has 0 amide bonds. The molecular weight excluding hydrogens is 200 g/mol. The third-order valence-corrected chi connectivity index (χ3v) is 2.14. The molecule has 3 heteroatoms. The molecule has 0 saturated carbocycles. The fraction of sp³-hybridized carbons (Fsp3) is 0.364. The van der Waals surface area contributed by atoms with Crippen LogP contribution in [-0.2, 0) is 22.6 Å². The summed E-state index contributed by atoms with van der Waals surface area (Å²) in [4.78, 5) is 11.0. The maximum absolute atomic E-state index is 11.0. The lowest BCUT2D eigenvalue weighted by molar-refractivity contribution is -0.116. The van der Waals surface area contributed by atoms with Crippen molar-refractivity contribution in [1.82, 2.24) is 0 Å². The smallest absolute Gasteiger partial charge is 0.134 e. The van der Waals surface area contributed by atoms with E-state index in [4.69, 9.17) is 16.3 Å². The third-order valence-electron chi connectivity index (χ3n) is 1.91. The Balaban J connectivity index is 2.95. The number of hydrogen-bond acceptors (Lipinski definition) is 2. The predicted octanol–water partition coefficient (Wildman–Crippen LogP) is 2.62. The second kappa shape index (κ2) is 5.13. The maximum atomic E-state index is 11.0. The van der Waals surface area contributed by atoms with Crippen LogP contribution in [-0.4, -0.2) is 12.9 Å². The van der Waals surface area contributed by atoms with Gasteiger partial charge in [-0.15, -0.1) is 0 Å². The minimum Gasteiger partial charge on any atom is -0.380 e. The first-order valence-electron chi connectivity index (χ1n) is 4.39. The summed E-state index contributed by atoms with van der Waals surface area (Å²) in [5.41, 5.74) is 1.97. The van der Waals surface area contributed by atoms with E-state index in [2.05, 4.69) is 0 Å². The molecule has 1 aromatic carbocycles. The van der Waals surface area contributed by atoms with Gasteiger partial charge in [0.2, 0.25) is 0 Å². The van der Waals surface area contributed by atoms with E-state index in [1.54, 1.807) is 20.1 Å². The van der Waals surface area contributed by atoms with Gasteiger partial charge in [0.15, 0.2) is 0 Å². The van der Waals surface area contributed by atoms with Crippen molar-refractivity contribution in [1.29, 1.82) is 0 Å². The van der Waals surface area contributed by atoms with Crippen molar-refractivity contribution >= 4 is 17.4 Å². The predicted molar refractivity (Wildman–Crippen MR) is 56.6 cm³/mol. The molecular formula is C11H13ClO2. The van der Waals surface area contributed by atoms with Gasteiger partial charge < -0.3 is 4.74 Å². The summed E-state index contributed by atoms with van der Waals surface area (Å²) in [6.45, 7) is 2.06. The third kappa shape index (κ3) is 3.13. The number of methoxy groups -OCH3 is 1. The number of carbonyl (C=O) groups is 1. The van der Waals surface area contributed by atoms with Crippen LogP contribution in [0.4, 0.5) is 0 Å². The molecule has 14 heavy (non-hydrogen) atoms. The Morgan fingerprint density at radius 1 is 1.43 bits per heavy atom. The lowest BCUT2D eigenvalue weighted by atomic mass is 10.0. The first-order valence-corrected chi connectivity index (χ1v) is 4.77. The Hall–Kier alpha value is -0.860. The van der Waals surface area contributed by atoms with Crippen LogP contribution < -0.4 is 0 Å². The van der Waals surface area contributed by atoms with Crippen molar-refractivity contribution in [2.45, 2.75) is 20.0 Å². The molecule has 0 aliphatic carbocycles. The van der Waals surface area contributed by atoms with Gasteiger partial charge in [0.25, 0.3) is 0 Å². The minimum absolute atomic E-state index is 0.143. The minimum atomic E-state index is 0.143. The van der Waals surface area contributed by atoms with Crippen molar-refractivity contribution in [3.8, 4) is 0 Å². The first kappa shape index (κ1) is 11.2. The molecule has 0 fully saturated rings. The number of carbonyl (C=O) groups excluding carboxylic acids is 1. The van der Waals surface area contributed by atoms with Crippen molar-refractivity contribution in [2.75, 3.05) is 7.11 Å². The average molecular weight is 213 g/mol. The zero-order valence-electron chi connectivity index (χ0n) is 8.34. The van der Waals surface area contributed by atoms with E-state index >= 15 is 0 Å². The van der Waals surface area contributed by atoms with Crippen molar-refractivity contribution in [3.05, 3.63) is 34.3 Å². The monoisotopic (exact) mass is 212 g/mol. The van der Waals surface area contributed by atoms with Crippen LogP contribution in [0.5, 0.6) is 0 Å². The molecule has 1 rings (SSSR count). The molecule has 0 saturated heterocycles. The average Bonchev–Trinajstić information content (AvgIpc) is 2.09. The van der Waals surface area contributed by atoms with Gasteiger partial charge >= 0.3 is 0 Å². The van der Waals surface area contributed by atoms with Crippen LogP contribution in [0.3, 0.4) is 0 Å². The van der Waals surface area contributed by atoms with Crippen molar-refractivity contribution in [3.63, 3.8) is 0 Å². The molecule has 0 aliphatic rings. The molecule has 0 aliphatic heterocycles. The van der Waals surface area contributed by atoms with E-state index in [-0.39, 0.29) is 5.78 Å². The summed E-state index contributed by atoms with van der Waals surface area (Å²) in [7, 11) is 1.62. The van der Waals surface area contributed by atoms with Gasteiger partial charge in [0.05, 0.1) is 6.61 Å². The highest BCUT2D eigenvalue weighted by molar-refractivity contribution is 6.30. The number of halogens is 1. The number of benzene rings is 1. The SMILES string of the molecule is COCc1cc(Cl)ccc1CC(C)=O. The van der Waals surface area contributed by atoms with Gasteiger partial charge in [-0.1, -0.05) is 17.7 Å². The second-order valence-electron chi connectivity index (χ2n) is 3.22. The topological polar surface area (TPSA) is 26.3 Å². The summed E-state index contributed by atoms with van der Waals surface area (Å²) < 4.78 is 5.04. The standard InChI is InChI=1S/C11H13ClO2/c1-8(13)5-9-3-4-11(12)6-10(9)7-14-2/h3-4,6H,5,7H2,1-2H3. The number of rotatable bonds is 4. The van der Waals surface area contributed by atoms with Crippen LogP contribution in [0.2, 0.25) is 5.02 Å². The van der Waals surface area contributed by atoms with Crippen LogP contribution in [0, 0.1) is 0 Å². The Kier molecular flexibility index (Phi) is 4.11. The normalized spacial score (nSPS) is 10.2. The van der Waals surface area contributed by atoms with Gasteiger partial charge in [0, 0.05) is 18.6 Å². The highest BCUT2D eigenvalue weighted by Gasteiger charge is 2.05. The Bertz CT molecular complexity index is 334. The molecule has 0 heterocycles. The Morgan fingerprint density at radius 2 is 2.14 bits per heavy atom. The van der Waals surface area contributed by atoms with E-state index < -0.39 is 0 Å². The van der Waals surface area contributed by atoms with Crippen molar-refractivity contribution in [2.24, 2.45) is 0 Å². The summed E-state index contributed by atoms with van der Waals surface area (Å²) in [5, 5.41) is 0.671. The highest BCUT2D eigenvalue weighted by atomic mass is 35.5. The van der Waals surface area contributed by atoms with Crippen LogP contribution in [0.15, 0.2) is 18.2 Å². The molecule has 0 spiro atoms. The van der Waals surface area contributed by atoms with Gasteiger partial charge in [-0.2, -0.15) is 0 Å². The zero-order chi connectivity index (χ0) is 10.6. The summed E-state index contributed by atoms with van der Waals surface area (Å²) in [6.07, 6.45) is 0.440. The Morgan fingerprint density at radius 3 is 2.71 bits per heavy atom. The summed E-state index contributed by atoms with van der Waals surface area (Å²) in [6, 6.07) is 5.50. The molecule has 76 valence electrons. The number of ketones is 1.